The van der Waals surface area contributed by atoms with E-state index in [2.05, 4.69) is 112 Å². The van der Waals surface area contributed by atoms with E-state index >= 15 is 0 Å². The van der Waals surface area contributed by atoms with Gasteiger partial charge in [-0.05, 0) is 104 Å². The molecule has 4 aliphatic rings. The molecule has 3 saturated carbocycles. The van der Waals surface area contributed by atoms with Crippen molar-refractivity contribution in [1.29, 1.82) is 0 Å². The standard InChI is InChI=1S/C22H23N7.C12H11ClN6.C11H14/c1-2-6-16(7-3-1)18-8-4-12-28(18)22-25-21(19-9-5-13-29(19)26-22)24-20-14-27(15-23-20)17-10-11-17;13-12-16-11(9-2-1-5-19(9)17-12)15-10-6-18(7-14-10)8-3-4-8;1-2-6-10(7-3-1)11-8-4-5-9-11/h1-3,5-7,9,13-15,17-18H,4,8,10-12H2,(H,24,25,26);1-2,5-8H,3-4H2,(H,15,16,17);1-3,6-7,11H,4-5,8-9H2. The van der Waals surface area contributed by atoms with E-state index in [0.29, 0.717) is 23.9 Å². The van der Waals surface area contributed by atoms with E-state index in [1.54, 1.807) is 10.1 Å². The Labute approximate surface area is 348 Å². The number of anilines is 5. The molecule has 0 radical (unpaired) electrons. The highest BCUT2D eigenvalue weighted by atomic mass is 35.5. The maximum Gasteiger partial charge on any atom is 0.246 e. The van der Waals surface area contributed by atoms with Crippen LogP contribution in [0.1, 0.15) is 99.4 Å². The van der Waals surface area contributed by atoms with Crippen LogP contribution in [-0.4, -0.2) is 54.8 Å². The summed E-state index contributed by atoms with van der Waals surface area (Å²) in [4.78, 5) is 20.3. The van der Waals surface area contributed by atoms with Gasteiger partial charge in [-0.3, -0.25) is 0 Å². The molecule has 14 heteroatoms. The van der Waals surface area contributed by atoms with Crippen LogP contribution in [0.3, 0.4) is 0 Å². The van der Waals surface area contributed by atoms with Crippen molar-refractivity contribution in [2.45, 2.75) is 88.3 Å². The predicted molar refractivity (Wildman–Crippen MR) is 232 cm³/mol. The molecule has 0 amide bonds. The van der Waals surface area contributed by atoms with Gasteiger partial charge in [0.1, 0.15) is 22.7 Å². The van der Waals surface area contributed by atoms with Crippen molar-refractivity contribution < 1.29 is 0 Å². The third kappa shape index (κ3) is 8.52. The summed E-state index contributed by atoms with van der Waals surface area (Å²) >= 11 is 5.90. The molecule has 3 aliphatic carbocycles. The number of nitrogens with zero attached hydrogens (tertiary/aromatic N) is 11. The first kappa shape index (κ1) is 37.1. The number of hydrogen-bond donors (Lipinski definition) is 2. The lowest BCUT2D eigenvalue weighted by molar-refractivity contribution is 0.690. The molecule has 2 N–H and O–H groups in total. The Bertz CT molecular complexity index is 2620. The van der Waals surface area contributed by atoms with Crippen LogP contribution in [-0.2, 0) is 0 Å². The number of nitrogens with one attached hydrogen (secondary N) is 2. The first-order valence-electron chi connectivity index (χ1n) is 20.9. The fourth-order valence-corrected chi connectivity index (χ4v) is 8.50. The van der Waals surface area contributed by atoms with Crippen LogP contribution in [0, 0.1) is 0 Å². The summed E-state index contributed by atoms with van der Waals surface area (Å²) in [5.41, 5.74) is 4.68. The third-order valence-corrected chi connectivity index (χ3v) is 11.9. The van der Waals surface area contributed by atoms with Crippen molar-refractivity contribution in [2.75, 3.05) is 22.1 Å². The Morgan fingerprint density at radius 3 is 1.71 bits per heavy atom. The van der Waals surface area contributed by atoms with E-state index in [1.807, 2.05) is 60.0 Å². The van der Waals surface area contributed by atoms with Gasteiger partial charge in [0, 0.05) is 43.4 Å². The first-order valence-corrected chi connectivity index (χ1v) is 21.3. The lowest BCUT2D eigenvalue weighted by atomic mass is 9.98. The molecule has 8 aromatic rings. The Balaban J connectivity index is 0.000000120. The summed E-state index contributed by atoms with van der Waals surface area (Å²) in [6, 6.07) is 31.0. The molecule has 1 atom stereocenters. The van der Waals surface area contributed by atoms with Gasteiger partial charge in [-0.1, -0.05) is 73.5 Å². The van der Waals surface area contributed by atoms with E-state index in [1.165, 1.54) is 56.9 Å². The maximum atomic E-state index is 5.90. The average molecular weight is 806 g/mol. The number of halogens is 1. The lowest BCUT2D eigenvalue weighted by Gasteiger charge is -2.25. The number of fused-ring (bicyclic) bond motifs is 2. The minimum Gasteiger partial charge on any atom is -0.332 e. The van der Waals surface area contributed by atoms with Gasteiger partial charge in [-0.25, -0.2) is 19.0 Å². The minimum atomic E-state index is 0.202. The van der Waals surface area contributed by atoms with E-state index < -0.39 is 0 Å². The highest BCUT2D eigenvalue weighted by Gasteiger charge is 2.29. The predicted octanol–water partition coefficient (Wildman–Crippen LogP) is 10.3. The average Bonchev–Trinajstić information content (AvgIpc) is 3.76. The molecule has 59 heavy (non-hydrogen) atoms. The molecular weight excluding hydrogens is 758 g/mol. The molecule has 7 heterocycles. The van der Waals surface area contributed by atoms with Gasteiger partial charge in [0.15, 0.2) is 11.6 Å². The van der Waals surface area contributed by atoms with Crippen LogP contribution >= 0.6 is 11.6 Å². The van der Waals surface area contributed by atoms with E-state index in [4.69, 9.17) is 21.7 Å². The summed E-state index contributed by atoms with van der Waals surface area (Å²) in [5.74, 6) is 4.67. The molecule has 1 aliphatic heterocycles. The van der Waals surface area contributed by atoms with Gasteiger partial charge in [0.2, 0.25) is 11.2 Å². The Morgan fingerprint density at radius 1 is 0.559 bits per heavy atom. The number of aromatic nitrogens is 10. The van der Waals surface area contributed by atoms with Gasteiger partial charge >= 0.3 is 0 Å². The second-order valence-electron chi connectivity index (χ2n) is 15.9. The zero-order valence-electron chi connectivity index (χ0n) is 32.9. The third-order valence-electron chi connectivity index (χ3n) is 11.7. The summed E-state index contributed by atoms with van der Waals surface area (Å²) in [5, 5.41) is 15.7. The van der Waals surface area contributed by atoms with Crippen molar-refractivity contribution in [3.63, 3.8) is 0 Å². The van der Waals surface area contributed by atoms with E-state index in [-0.39, 0.29) is 5.28 Å². The van der Waals surface area contributed by atoms with Gasteiger partial charge in [0.25, 0.3) is 0 Å². The Morgan fingerprint density at radius 2 is 1.12 bits per heavy atom. The lowest BCUT2D eigenvalue weighted by Crippen LogP contribution is -2.25. The molecule has 1 saturated heterocycles. The second-order valence-corrected chi connectivity index (χ2v) is 16.3. The molecule has 1 unspecified atom stereocenters. The second kappa shape index (κ2) is 16.6. The fourth-order valence-electron chi connectivity index (χ4n) is 8.34. The largest absolute Gasteiger partial charge is 0.332 e. The Kier molecular flexibility index (Phi) is 10.4. The van der Waals surface area contributed by atoms with Crippen molar-refractivity contribution in [1.82, 2.24) is 48.3 Å². The monoisotopic (exact) mass is 805 g/mol. The minimum absolute atomic E-state index is 0.202. The smallest absolute Gasteiger partial charge is 0.246 e. The fraction of sp³-hybridized carbons (Fsp3) is 0.333. The van der Waals surface area contributed by atoms with Crippen molar-refractivity contribution in [3.8, 4) is 0 Å². The zero-order valence-corrected chi connectivity index (χ0v) is 33.7. The number of benzene rings is 2. The van der Waals surface area contributed by atoms with Crippen LogP contribution in [0.25, 0.3) is 11.0 Å². The van der Waals surface area contributed by atoms with Crippen molar-refractivity contribution >= 4 is 51.9 Å². The molecule has 6 aromatic heterocycles. The highest BCUT2D eigenvalue weighted by molar-refractivity contribution is 6.28. The van der Waals surface area contributed by atoms with Gasteiger partial charge in [-0.2, -0.15) is 9.97 Å². The molecule has 2 aromatic carbocycles. The summed E-state index contributed by atoms with van der Waals surface area (Å²) in [7, 11) is 0. The van der Waals surface area contributed by atoms with Crippen molar-refractivity contribution in [2.24, 2.45) is 0 Å². The quantitative estimate of drug-likeness (QED) is 0.147. The summed E-state index contributed by atoms with van der Waals surface area (Å²) < 4.78 is 7.91. The van der Waals surface area contributed by atoms with Gasteiger partial charge < -0.3 is 24.7 Å². The van der Waals surface area contributed by atoms with Gasteiger partial charge in [0.05, 0.1) is 18.7 Å². The van der Waals surface area contributed by atoms with Crippen LogP contribution in [0.2, 0.25) is 5.28 Å². The highest BCUT2D eigenvalue weighted by Crippen LogP contribution is 2.38. The molecule has 13 nitrogen and oxygen atoms in total. The van der Waals surface area contributed by atoms with Crippen molar-refractivity contribution in [3.05, 3.63) is 139 Å². The van der Waals surface area contributed by atoms with E-state index in [9.17, 15) is 0 Å². The summed E-state index contributed by atoms with van der Waals surface area (Å²) in [6.07, 6.45) is 24.5. The van der Waals surface area contributed by atoms with Gasteiger partial charge in [-0.15, -0.1) is 10.2 Å². The van der Waals surface area contributed by atoms with Crippen LogP contribution in [0.5, 0.6) is 0 Å². The molecule has 300 valence electrons. The molecule has 0 spiro atoms. The summed E-state index contributed by atoms with van der Waals surface area (Å²) in [6.45, 7) is 0.960. The SMILES string of the molecule is Clc1nc(Nc2cn(C3CC3)cn2)c2cccn2n1.c1ccc(C2CCCC2)cc1.c1ccc(C2CCCN2c2nc(Nc3cn(C4CC4)cn3)c3cccn3n2)cc1. The Hall–Kier alpha value is -6.21. The van der Waals surface area contributed by atoms with Crippen LogP contribution < -0.4 is 15.5 Å². The molecule has 0 bridgehead atoms. The molecule has 12 rings (SSSR count). The first-order chi connectivity index (χ1) is 29.1. The van der Waals surface area contributed by atoms with Crippen LogP contribution in [0.4, 0.5) is 29.2 Å². The maximum absolute atomic E-state index is 5.90. The number of rotatable bonds is 9. The molecular formula is C45H48ClN13. The normalized spacial score (nSPS) is 17.8. The topological polar surface area (TPSA) is 123 Å². The number of imidazole rings is 2. The van der Waals surface area contributed by atoms with E-state index in [0.717, 1.165) is 59.7 Å². The zero-order chi connectivity index (χ0) is 39.5. The van der Waals surface area contributed by atoms with Crippen LogP contribution in [0.15, 0.2) is 122 Å². The molecule has 4 fully saturated rings. The number of hydrogen-bond acceptors (Lipinski definition) is 9.